The molecule has 1 N–H and O–H groups in total. The van der Waals surface area contributed by atoms with Crippen molar-refractivity contribution in [3.63, 3.8) is 0 Å². The highest BCUT2D eigenvalue weighted by atomic mass is 16.5. The van der Waals surface area contributed by atoms with E-state index in [1.54, 1.807) is 31.3 Å². The number of ether oxygens (including phenoxy) is 1. The van der Waals surface area contributed by atoms with Crippen molar-refractivity contribution < 1.29 is 18.7 Å². The number of carbonyl (C=O) groups excluding carboxylic acids is 2. The van der Waals surface area contributed by atoms with E-state index < -0.39 is 5.97 Å². The Kier molecular flexibility index (Phi) is 5.44. The summed E-state index contributed by atoms with van der Waals surface area (Å²) in [7, 11) is 0. The van der Waals surface area contributed by atoms with Crippen LogP contribution in [-0.2, 0) is 6.42 Å². The van der Waals surface area contributed by atoms with E-state index in [4.69, 9.17) is 9.15 Å². The van der Waals surface area contributed by atoms with Gasteiger partial charge >= 0.3 is 5.97 Å². The zero-order valence-corrected chi connectivity index (χ0v) is 18.0. The lowest BCUT2D eigenvalue weighted by Crippen LogP contribution is -2.22. The van der Waals surface area contributed by atoms with Crippen molar-refractivity contribution in [2.75, 3.05) is 0 Å². The lowest BCUT2D eigenvalue weighted by Gasteiger charge is -2.13. The Hall–Kier alpha value is -4.26. The van der Waals surface area contributed by atoms with Crippen LogP contribution in [0.4, 0.5) is 0 Å². The van der Waals surface area contributed by atoms with Gasteiger partial charge in [-0.2, -0.15) is 5.10 Å². The average Bonchev–Trinajstić information content (AvgIpc) is 3.20. The first-order valence-electron chi connectivity index (χ1n) is 10.7. The van der Waals surface area contributed by atoms with Crippen LogP contribution < -0.4 is 10.2 Å². The Bertz CT molecular complexity index is 1380. The molecule has 1 aliphatic carbocycles. The molecule has 1 aliphatic rings. The summed E-state index contributed by atoms with van der Waals surface area (Å²) in [5.41, 5.74) is 5.34. The molecule has 0 spiro atoms. The number of furan rings is 1. The number of aromatic nitrogens is 1. The zero-order valence-electron chi connectivity index (χ0n) is 18.0. The van der Waals surface area contributed by atoms with Gasteiger partial charge in [0.05, 0.1) is 11.9 Å². The van der Waals surface area contributed by atoms with Gasteiger partial charge in [0.15, 0.2) is 0 Å². The number of fused-ring (bicyclic) bond motifs is 2. The first-order chi connectivity index (χ1) is 16.1. The summed E-state index contributed by atoms with van der Waals surface area (Å²) in [4.78, 5) is 29.5. The molecule has 0 radical (unpaired) electrons. The van der Waals surface area contributed by atoms with Gasteiger partial charge in [0.2, 0.25) is 5.76 Å². The van der Waals surface area contributed by atoms with Gasteiger partial charge in [-0.15, -0.1) is 0 Å². The summed E-state index contributed by atoms with van der Waals surface area (Å²) >= 11 is 0. The summed E-state index contributed by atoms with van der Waals surface area (Å²) in [6.45, 7) is 1.80. The van der Waals surface area contributed by atoms with Gasteiger partial charge in [-0.1, -0.05) is 36.4 Å². The lowest BCUT2D eigenvalue weighted by atomic mass is 9.93. The Morgan fingerprint density at radius 1 is 1.06 bits per heavy atom. The smallest absolute Gasteiger partial charge is 0.379 e. The van der Waals surface area contributed by atoms with Gasteiger partial charge in [0.25, 0.3) is 5.91 Å². The van der Waals surface area contributed by atoms with E-state index in [1.165, 1.54) is 6.20 Å². The molecule has 2 aromatic heterocycles. The van der Waals surface area contributed by atoms with E-state index in [2.05, 4.69) is 15.5 Å². The third-order valence-corrected chi connectivity index (χ3v) is 5.68. The van der Waals surface area contributed by atoms with Crippen LogP contribution >= 0.6 is 0 Å². The van der Waals surface area contributed by atoms with Crippen LogP contribution in [0.1, 0.15) is 50.6 Å². The van der Waals surface area contributed by atoms with Crippen molar-refractivity contribution in [1.82, 2.24) is 10.4 Å². The third kappa shape index (κ3) is 4.01. The minimum absolute atomic E-state index is 0.138. The summed E-state index contributed by atoms with van der Waals surface area (Å²) in [5.74, 6) is 0.277. The Labute approximate surface area is 190 Å². The molecule has 0 unspecified atom stereocenters. The second kappa shape index (κ2) is 8.70. The number of rotatable bonds is 4. The fourth-order valence-corrected chi connectivity index (χ4v) is 4.14. The van der Waals surface area contributed by atoms with Crippen LogP contribution in [0.5, 0.6) is 5.75 Å². The van der Waals surface area contributed by atoms with Crippen molar-refractivity contribution in [3.8, 4) is 5.75 Å². The highest BCUT2D eigenvalue weighted by Gasteiger charge is 2.29. The quantitative estimate of drug-likeness (QED) is 0.363. The maximum absolute atomic E-state index is 12.9. The second-order valence-electron chi connectivity index (χ2n) is 7.81. The number of hydrazone groups is 1. The minimum atomic E-state index is -0.589. The van der Waals surface area contributed by atoms with E-state index in [9.17, 15) is 9.59 Å². The summed E-state index contributed by atoms with van der Waals surface area (Å²) < 4.78 is 11.2. The number of hydrogen-bond acceptors (Lipinski definition) is 6. The number of hydrogen-bond donors (Lipinski definition) is 1. The van der Waals surface area contributed by atoms with Gasteiger partial charge < -0.3 is 9.15 Å². The summed E-state index contributed by atoms with van der Waals surface area (Å²) in [6.07, 6.45) is 5.22. The number of pyridine rings is 1. The molecule has 7 nitrogen and oxygen atoms in total. The second-order valence-corrected chi connectivity index (χ2v) is 7.81. The van der Waals surface area contributed by atoms with Crippen molar-refractivity contribution in [2.45, 2.75) is 26.2 Å². The fraction of sp³-hybridized carbons (Fsp3) is 0.154. The van der Waals surface area contributed by atoms with E-state index in [1.807, 2.05) is 36.4 Å². The average molecular weight is 439 g/mol. The molecule has 33 heavy (non-hydrogen) atoms. The van der Waals surface area contributed by atoms with Crippen LogP contribution in [0, 0.1) is 6.92 Å². The number of aryl methyl sites for hydroxylation is 1. The minimum Gasteiger partial charge on any atom is -0.453 e. The molecule has 0 bridgehead atoms. The first-order valence-corrected chi connectivity index (χ1v) is 10.7. The molecule has 0 aliphatic heterocycles. The van der Waals surface area contributed by atoms with Crippen molar-refractivity contribution in [2.24, 2.45) is 5.10 Å². The van der Waals surface area contributed by atoms with Gasteiger partial charge in [-0.3, -0.25) is 9.78 Å². The van der Waals surface area contributed by atoms with E-state index >= 15 is 0 Å². The third-order valence-electron chi connectivity index (χ3n) is 5.68. The van der Waals surface area contributed by atoms with E-state index in [0.29, 0.717) is 41.2 Å². The Balaban J connectivity index is 1.41. The maximum Gasteiger partial charge on any atom is 0.379 e. The predicted octanol–water partition coefficient (Wildman–Crippen LogP) is 4.83. The number of nitrogens with zero attached hydrogens (tertiary/aromatic N) is 2. The van der Waals surface area contributed by atoms with Gasteiger partial charge in [-0.25, -0.2) is 10.2 Å². The lowest BCUT2D eigenvalue weighted by molar-refractivity contribution is 0.0697. The molecule has 0 fully saturated rings. The molecule has 0 atom stereocenters. The first kappa shape index (κ1) is 20.6. The maximum atomic E-state index is 12.9. The van der Waals surface area contributed by atoms with Crippen molar-refractivity contribution in [3.05, 3.63) is 95.2 Å². The van der Waals surface area contributed by atoms with Gasteiger partial charge in [-0.05, 0) is 48.7 Å². The standard InChI is InChI=1S/C26H21N3O4/c1-16-23-21(28-29-25(30)20-11-4-8-17-7-2-3-10-19(17)20)12-5-13-22(23)33-24(16)26(31)32-18-9-6-14-27-15-18/h2-4,6-11,14-15H,5,12-13H2,1H3,(H,29,30)/b28-21+. The molecule has 1 amide bonds. The Morgan fingerprint density at radius 3 is 2.76 bits per heavy atom. The van der Waals surface area contributed by atoms with Crippen molar-refractivity contribution >= 4 is 28.4 Å². The van der Waals surface area contributed by atoms with Gasteiger partial charge in [0.1, 0.15) is 11.5 Å². The predicted molar refractivity (Wildman–Crippen MR) is 124 cm³/mol. The van der Waals surface area contributed by atoms with Crippen LogP contribution in [0.3, 0.4) is 0 Å². The van der Waals surface area contributed by atoms with E-state index in [0.717, 1.165) is 22.8 Å². The highest BCUT2D eigenvalue weighted by molar-refractivity contribution is 6.09. The molecule has 2 aromatic carbocycles. The summed E-state index contributed by atoms with van der Waals surface area (Å²) in [5, 5.41) is 6.27. The number of amides is 1. The fourth-order valence-electron chi connectivity index (χ4n) is 4.14. The molecule has 4 aromatic rings. The molecule has 5 rings (SSSR count). The molecule has 7 heteroatoms. The van der Waals surface area contributed by atoms with Crippen LogP contribution in [0.15, 0.2) is 76.5 Å². The van der Waals surface area contributed by atoms with E-state index in [-0.39, 0.29) is 11.7 Å². The van der Waals surface area contributed by atoms with Crippen LogP contribution in [-0.4, -0.2) is 22.6 Å². The number of nitrogens with one attached hydrogen (secondary N) is 1. The van der Waals surface area contributed by atoms with Gasteiger partial charge in [0, 0.05) is 29.3 Å². The highest BCUT2D eigenvalue weighted by Crippen LogP contribution is 2.30. The normalized spacial score (nSPS) is 14.2. The molecule has 0 saturated carbocycles. The number of benzene rings is 2. The van der Waals surface area contributed by atoms with Crippen LogP contribution in [0.25, 0.3) is 10.8 Å². The Morgan fingerprint density at radius 2 is 1.91 bits per heavy atom. The molecular formula is C26H21N3O4. The molecular weight excluding hydrogens is 418 g/mol. The van der Waals surface area contributed by atoms with Crippen LogP contribution in [0.2, 0.25) is 0 Å². The molecule has 164 valence electrons. The molecule has 2 heterocycles. The number of esters is 1. The topological polar surface area (TPSA) is 93.8 Å². The zero-order chi connectivity index (χ0) is 22.8. The summed E-state index contributed by atoms with van der Waals surface area (Å²) in [6, 6.07) is 16.6. The van der Waals surface area contributed by atoms with Crippen molar-refractivity contribution in [1.29, 1.82) is 0 Å². The number of carbonyl (C=O) groups is 2. The monoisotopic (exact) mass is 439 g/mol. The molecule has 0 saturated heterocycles. The largest absolute Gasteiger partial charge is 0.453 e. The SMILES string of the molecule is Cc1c(C(=O)Oc2cccnc2)oc2c1/C(=N/NC(=O)c1cccc3ccccc13)CCC2.